The number of hydrogen-bond donors (Lipinski definition) is 0. The molecule has 0 N–H and O–H groups in total. The molecule has 164 valence electrons. The molecule has 9 nitrogen and oxygen atoms in total. The van der Waals surface area contributed by atoms with Crippen LogP contribution in [0.15, 0.2) is 36.8 Å². The van der Waals surface area contributed by atoms with E-state index < -0.39 is 5.95 Å². The molecule has 4 heterocycles. The Bertz CT molecular complexity index is 930. The predicted molar refractivity (Wildman–Crippen MR) is 110 cm³/mol. The van der Waals surface area contributed by atoms with Crippen molar-refractivity contribution >= 4 is 17.8 Å². The summed E-state index contributed by atoms with van der Waals surface area (Å²) in [4.78, 5) is 43.6. The van der Waals surface area contributed by atoms with Crippen LogP contribution < -0.4 is 4.90 Å². The average molecular weight is 428 g/mol. The molecule has 10 heteroatoms. The summed E-state index contributed by atoms with van der Waals surface area (Å²) in [7, 11) is 0. The number of hydrogen-bond acceptors (Lipinski definition) is 8. The zero-order chi connectivity index (χ0) is 21.8. The molecule has 2 atom stereocenters. The zero-order valence-corrected chi connectivity index (χ0v) is 17.4. The van der Waals surface area contributed by atoms with E-state index in [1.54, 1.807) is 30.3 Å². The third-order valence-electron chi connectivity index (χ3n) is 5.65. The number of ether oxygens (including phenoxy) is 1. The van der Waals surface area contributed by atoms with Crippen LogP contribution in [-0.2, 0) is 9.53 Å². The van der Waals surface area contributed by atoms with Crippen molar-refractivity contribution in [2.75, 3.05) is 50.8 Å². The van der Waals surface area contributed by atoms with E-state index in [1.807, 2.05) is 4.90 Å². The number of anilines is 1. The number of amides is 1. The number of piperazine rings is 1. The largest absolute Gasteiger partial charge is 0.466 e. The molecular formula is C21H25FN6O3. The number of carbonyl (C=O) groups excluding carboxylic acids is 2. The summed E-state index contributed by atoms with van der Waals surface area (Å²) in [6.45, 7) is 5.24. The third-order valence-corrected chi connectivity index (χ3v) is 5.65. The topological polar surface area (TPSA) is 91.8 Å². The highest BCUT2D eigenvalue weighted by molar-refractivity contribution is 5.94. The molecule has 0 radical (unpaired) electrons. The lowest BCUT2D eigenvalue weighted by molar-refractivity contribution is -0.148. The van der Waals surface area contributed by atoms with Crippen molar-refractivity contribution in [2.24, 2.45) is 5.92 Å². The van der Waals surface area contributed by atoms with Gasteiger partial charge in [0, 0.05) is 75.5 Å². The zero-order valence-electron chi connectivity index (χ0n) is 17.4. The maximum Gasteiger partial charge on any atom is 0.312 e. The van der Waals surface area contributed by atoms with Crippen molar-refractivity contribution in [3.63, 3.8) is 0 Å². The van der Waals surface area contributed by atoms with E-state index in [9.17, 15) is 14.0 Å². The molecule has 2 saturated heterocycles. The summed E-state index contributed by atoms with van der Waals surface area (Å²) in [5.74, 6) is -0.947. The minimum Gasteiger partial charge on any atom is -0.466 e. The molecule has 4 rings (SSSR count). The fourth-order valence-electron chi connectivity index (χ4n) is 4.17. The molecule has 0 saturated carbocycles. The molecule has 2 fully saturated rings. The molecule has 2 aromatic heterocycles. The van der Waals surface area contributed by atoms with Crippen molar-refractivity contribution in [3.8, 4) is 0 Å². The van der Waals surface area contributed by atoms with Crippen LogP contribution in [0.5, 0.6) is 0 Å². The second-order valence-corrected chi connectivity index (χ2v) is 7.67. The van der Waals surface area contributed by atoms with Gasteiger partial charge in [0.15, 0.2) is 0 Å². The molecule has 0 aliphatic carbocycles. The molecule has 0 spiro atoms. The Morgan fingerprint density at radius 3 is 2.65 bits per heavy atom. The minimum absolute atomic E-state index is 0.0207. The highest BCUT2D eigenvalue weighted by Gasteiger charge is 2.38. The fourth-order valence-corrected chi connectivity index (χ4v) is 4.17. The quantitative estimate of drug-likeness (QED) is 0.523. The Hall–Kier alpha value is -3.14. The van der Waals surface area contributed by atoms with Gasteiger partial charge in [-0.2, -0.15) is 4.39 Å². The number of halogens is 1. The number of fused-ring (bicyclic) bond motifs is 1. The second-order valence-electron chi connectivity index (χ2n) is 7.67. The average Bonchev–Trinajstić information content (AvgIpc) is 2.98. The van der Waals surface area contributed by atoms with E-state index >= 15 is 0 Å². The number of aromatic nitrogens is 3. The molecule has 0 bridgehead atoms. The van der Waals surface area contributed by atoms with E-state index in [0.717, 1.165) is 6.07 Å². The predicted octanol–water partition coefficient (Wildman–Crippen LogP) is 0.837. The first-order valence-corrected chi connectivity index (χ1v) is 10.4. The van der Waals surface area contributed by atoms with Gasteiger partial charge < -0.3 is 14.5 Å². The maximum absolute atomic E-state index is 13.5. The van der Waals surface area contributed by atoms with E-state index in [4.69, 9.17) is 4.74 Å². The maximum atomic E-state index is 13.5. The highest BCUT2D eigenvalue weighted by atomic mass is 19.1. The van der Waals surface area contributed by atoms with E-state index in [1.165, 1.54) is 12.3 Å². The first-order valence-electron chi connectivity index (χ1n) is 10.4. The van der Waals surface area contributed by atoms with Crippen molar-refractivity contribution in [3.05, 3.63) is 48.3 Å². The summed E-state index contributed by atoms with van der Waals surface area (Å²) in [6, 6.07) is 4.40. The lowest BCUT2D eigenvalue weighted by Gasteiger charge is -2.41. The van der Waals surface area contributed by atoms with E-state index in [0.29, 0.717) is 51.8 Å². The Balaban J connectivity index is 1.55. The number of esters is 1. The van der Waals surface area contributed by atoms with Gasteiger partial charge in [0.25, 0.3) is 5.91 Å². The smallest absolute Gasteiger partial charge is 0.312 e. The van der Waals surface area contributed by atoms with Crippen molar-refractivity contribution in [1.82, 2.24) is 24.8 Å². The van der Waals surface area contributed by atoms with Gasteiger partial charge in [-0.15, -0.1) is 0 Å². The third kappa shape index (κ3) is 4.79. The van der Waals surface area contributed by atoms with Gasteiger partial charge in [0.2, 0.25) is 11.9 Å². The molecular weight excluding hydrogens is 403 g/mol. The first kappa shape index (κ1) is 21.1. The molecule has 31 heavy (non-hydrogen) atoms. The van der Waals surface area contributed by atoms with Gasteiger partial charge in [-0.1, -0.05) is 0 Å². The van der Waals surface area contributed by atoms with Crippen LogP contribution in [0.1, 0.15) is 17.3 Å². The van der Waals surface area contributed by atoms with Gasteiger partial charge in [0.1, 0.15) is 0 Å². The number of nitrogens with zero attached hydrogens (tertiary/aromatic N) is 6. The SMILES string of the molecule is CCOC(=O)[C@@H]1CN(c2ncccn2)C[C@H]2CN(C(=O)c3ccnc(F)c3)CCN2C1. The minimum atomic E-state index is -0.677. The number of rotatable bonds is 4. The lowest BCUT2D eigenvalue weighted by Crippen LogP contribution is -2.57. The van der Waals surface area contributed by atoms with E-state index in [2.05, 4.69) is 19.9 Å². The lowest BCUT2D eigenvalue weighted by atomic mass is 10.1. The van der Waals surface area contributed by atoms with Crippen LogP contribution >= 0.6 is 0 Å². The highest BCUT2D eigenvalue weighted by Crippen LogP contribution is 2.23. The fraction of sp³-hybridized carbons (Fsp3) is 0.476. The molecule has 0 aromatic carbocycles. The number of carbonyl (C=O) groups is 2. The summed E-state index contributed by atoms with van der Waals surface area (Å²) in [5.41, 5.74) is 0.280. The van der Waals surface area contributed by atoms with Crippen molar-refractivity contribution in [1.29, 1.82) is 0 Å². The Morgan fingerprint density at radius 1 is 1.10 bits per heavy atom. The molecule has 1 amide bonds. The first-order chi connectivity index (χ1) is 15.0. The monoisotopic (exact) mass is 428 g/mol. The van der Waals surface area contributed by atoms with Crippen LogP contribution in [0.25, 0.3) is 0 Å². The van der Waals surface area contributed by atoms with Gasteiger partial charge in [-0.25, -0.2) is 15.0 Å². The van der Waals surface area contributed by atoms with Crippen molar-refractivity contribution in [2.45, 2.75) is 13.0 Å². The summed E-state index contributed by atoms with van der Waals surface area (Å²) >= 11 is 0. The molecule has 2 aliphatic rings. The van der Waals surface area contributed by atoms with Crippen molar-refractivity contribution < 1.29 is 18.7 Å². The van der Waals surface area contributed by atoms with Crippen LogP contribution in [0.2, 0.25) is 0 Å². The summed E-state index contributed by atoms with van der Waals surface area (Å²) in [6.07, 6.45) is 4.63. The number of pyridine rings is 1. The van der Waals surface area contributed by atoms with Gasteiger partial charge in [-0.05, 0) is 19.1 Å². The summed E-state index contributed by atoms with van der Waals surface area (Å²) < 4.78 is 18.8. The Labute approximate surface area is 179 Å². The molecule has 2 aliphatic heterocycles. The van der Waals surface area contributed by atoms with Gasteiger partial charge in [0.05, 0.1) is 12.5 Å². The van der Waals surface area contributed by atoms with E-state index in [-0.39, 0.29) is 29.4 Å². The Morgan fingerprint density at radius 2 is 1.90 bits per heavy atom. The van der Waals surface area contributed by atoms with Crippen LogP contribution in [0.3, 0.4) is 0 Å². The Kier molecular flexibility index (Phi) is 6.36. The second kappa shape index (κ2) is 9.34. The molecule has 2 aromatic rings. The van der Waals surface area contributed by atoms with Gasteiger partial charge in [-0.3, -0.25) is 14.5 Å². The standard InChI is InChI=1S/C21H25FN6O3/c1-2-31-20(30)16-11-26-8-9-27(19(29)15-4-7-23-18(22)10-15)13-17(26)14-28(12-16)21-24-5-3-6-25-21/h3-7,10,16-17H,2,8-9,11-14H2,1H3/t16-,17+/m0/s1. The van der Waals surface area contributed by atoms with Crippen LogP contribution in [0.4, 0.5) is 10.3 Å². The normalized spacial score (nSPS) is 21.9. The van der Waals surface area contributed by atoms with Gasteiger partial charge >= 0.3 is 5.97 Å². The molecule has 0 unspecified atom stereocenters. The summed E-state index contributed by atoms with van der Waals surface area (Å²) in [5, 5.41) is 0. The van der Waals surface area contributed by atoms with Crippen LogP contribution in [0, 0.1) is 11.9 Å². The van der Waals surface area contributed by atoms with Crippen LogP contribution in [-0.4, -0.2) is 88.5 Å².